The predicted octanol–water partition coefficient (Wildman–Crippen LogP) is 3.76. The van der Waals surface area contributed by atoms with E-state index >= 15 is 0 Å². The lowest BCUT2D eigenvalue weighted by atomic mass is 10.0. The molecule has 2 rings (SSSR count). The zero-order chi connectivity index (χ0) is 14.9. The summed E-state index contributed by atoms with van der Waals surface area (Å²) in [6.07, 6.45) is 0. The van der Waals surface area contributed by atoms with E-state index in [1.54, 1.807) is 0 Å². The second kappa shape index (κ2) is 5.80. The van der Waals surface area contributed by atoms with Gasteiger partial charge < -0.3 is 5.32 Å². The molecule has 0 aliphatic rings. The van der Waals surface area contributed by atoms with E-state index in [1.165, 1.54) is 22.4 Å². The van der Waals surface area contributed by atoms with Crippen LogP contribution in [0.25, 0.3) is 0 Å². The number of aryl methyl sites for hydroxylation is 3. The number of benzene rings is 1. The van der Waals surface area contributed by atoms with Gasteiger partial charge in [-0.3, -0.25) is 4.68 Å². The normalized spacial score (nSPS) is 14.3. The molecule has 0 radical (unpaired) electrons. The summed E-state index contributed by atoms with van der Waals surface area (Å²) in [5.74, 6) is 0. The first kappa shape index (κ1) is 14.8. The molecule has 1 unspecified atom stereocenters. The summed E-state index contributed by atoms with van der Waals surface area (Å²) in [7, 11) is 2.00. The predicted molar refractivity (Wildman–Crippen MR) is 83.8 cm³/mol. The maximum absolute atomic E-state index is 4.50. The van der Waals surface area contributed by atoms with Gasteiger partial charge in [0, 0.05) is 30.4 Å². The molecule has 2 atom stereocenters. The van der Waals surface area contributed by atoms with Crippen LogP contribution in [0.3, 0.4) is 0 Å². The number of rotatable bonds is 4. The quantitative estimate of drug-likeness (QED) is 0.917. The highest BCUT2D eigenvalue weighted by Crippen LogP contribution is 2.24. The topological polar surface area (TPSA) is 29.9 Å². The van der Waals surface area contributed by atoms with Gasteiger partial charge in [-0.2, -0.15) is 5.10 Å². The Morgan fingerprint density at radius 1 is 1.00 bits per heavy atom. The molecule has 2 aromatic rings. The van der Waals surface area contributed by atoms with Gasteiger partial charge in [-0.05, 0) is 40.2 Å². The van der Waals surface area contributed by atoms with Crippen molar-refractivity contribution in [2.75, 3.05) is 0 Å². The SMILES string of the molecule is Cc1ccc([C@H](C)NC(C)c2c(C)nn(C)c2C)cc1. The Hall–Kier alpha value is -1.61. The van der Waals surface area contributed by atoms with Crippen molar-refractivity contribution >= 4 is 0 Å². The van der Waals surface area contributed by atoms with Crippen LogP contribution in [0.4, 0.5) is 0 Å². The monoisotopic (exact) mass is 271 g/mol. The van der Waals surface area contributed by atoms with Crippen LogP contribution < -0.4 is 5.32 Å². The summed E-state index contributed by atoms with van der Waals surface area (Å²) in [4.78, 5) is 0. The summed E-state index contributed by atoms with van der Waals surface area (Å²) < 4.78 is 1.96. The first-order valence-electron chi connectivity index (χ1n) is 7.23. The standard InChI is InChI=1S/C17H25N3/c1-11-7-9-16(10-8-11)12(2)18-13(3)17-14(4)19-20(6)15(17)5/h7-10,12-13,18H,1-6H3/t12-,13?/m0/s1. The van der Waals surface area contributed by atoms with Crippen LogP contribution in [0.2, 0.25) is 0 Å². The van der Waals surface area contributed by atoms with Crippen LogP contribution in [0.15, 0.2) is 24.3 Å². The second-order valence-electron chi connectivity index (χ2n) is 5.73. The van der Waals surface area contributed by atoms with E-state index in [4.69, 9.17) is 0 Å². The molecule has 0 aliphatic carbocycles. The Balaban J connectivity index is 2.14. The van der Waals surface area contributed by atoms with Crippen molar-refractivity contribution in [2.45, 2.75) is 46.7 Å². The fourth-order valence-electron chi connectivity index (χ4n) is 2.83. The zero-order valence-corrected chi connectivity index (χ0v) is 13.4. The van der Waals surface area contributed by atoms with E-state index in [0.717, 1.165) is 5.69 Å². The maximum Gasteiger partial charge on any atom is 0.0644 e. The molecular weight excluding hydrogens is 246 g/mol. The van der Waals surface area contributed by atoms with Gasteiger partial charge in [-0.1, -0.05) is 29.8 Å². The van der Waals surface area contributed by atoms with Gasteiger partial charge in [-0.25, -0.2) is 0 Å². The van der Waals surface area contributed by atoms with E-state index in [1.807, 2.05) is 11.7 Å². The van der Waals surface area contributed by atoms with E-state index < -0.39 is 0 Å². The molecule has 20 heavy (non-hydrogen) atoms. The third-order valence-corrected chi connectivity index (χ3v) is 4.08. The van der Waals surface area contributed by atoms with Gasteiger partial charge in [0.05, 0.1) is 5.69 Å². The van der Waals surface area contributed by atoms with Crippen LogP contribution in [0.5, 0.6) is 0 Å². The first-order chi connectivity index (χ1) is 9.40. The minimum Gasteiger partial charge on any atom is -0.304 e. The molecule has 0 bridgehead atoms. The minimum atomic E-state index is 0.292. The van der Waals surface area contributed by atoms with Crippen molar-refractivity contribution in [1.82, 2.24) is 15.1 Å². The Labute approximate surface area is 122 Å². The molecule has 1 aromatic heterocycles. The van der Waals surface area contributed by atoms with Crippen molar-refractivity contribution in [1.29, 1.82) is 0 Å². The Morgan fingerprint density at radius 3 is 2.10 bits per heavy atom. The van der Waals surface area contributed by atoms with Gasteiger partial charge in [0.1, 0.15) is 0 Å². The first-order valence-corrected chi connectivity index (χ1v) is 7.23. The Kier molecular flexibility index (Phi) is 4.29. The number of hydrogen-bond donors (Lipinski definition) is 1. The highest BCUT2D eigenvalue weighted by Gasteiger charge is 2.18. The van der Waals surface area contributed by atoms with Gasteiger partial charge in [0.15, 0.2) is 0 Å². The fourth-order valence-corrected chi connectivity index (χ4v) is 2.83. The molecule has 108 valence electrons. The fraction of sp³-hybridized carbons (Fsp3) is 0.471. The third kappa shape index (κ3) is 2.93. The largest absolute Gasteiger partial charge is 0.304 e. The van der Waals surface area contributed by atoms with Crippen molar-refractivity contribution < 1.29 is 0 Å². The summed E-state index contributed by atoms with van der Waals surface area (Å²) in [6, 6.07) is 9.34. The van der Waals surface area contributed by atoms with E-state index in [0.29, 0.717) is 12.1 Å². The Bertz CT molecular complexity index is 581. The summed E-state index contributed by atoms with van der Waals surface area (Å²) in [5.41, 5.74) is 6.28. The molecule has 1 N–H and O–H groups in total. The highest BCUT2D eigenvalue weighted by molar-refractivity contribution is 5.29. The van der Waals surface area contributed by atoms with Crippen molar-refractivity contribution in [3.05, 3.63) is 52.3 Å². The second-order valence-corrected chi connectivity index (χ2v) is 5.73. The van der Waals surface area contributed by atoms with Gasteiger partial charge >= 0.3 is 0 Å². The summed E-state index contributed by atoms with van der Waals surface area (Å²) in [5, 5.41) is 8.17. The number of aromatic nitrogens is 2. The van der Waals surface area contributed by atoms with Crippen LogP contribution >= 0.6 is 0 Å². The van der Waals surface area contributed by atoms with Crippen LogP contribution in [-0.4, -0.2) is 9.78 Å². The zero-order valence-electron chi connectivity index (χ0n) is 13.4. The lowest BCUT2D eigenvalue weighted by Crippen LogP contribution is -2.23. The molecule has 3 heteroatoms. The van der Waals surface area contributed by atoms with Gasteiger partial charge in [0.2, 0.25) is 0 Å². The smallest absolute Gasteiger partial charge is 0.0644 e. The molecule has 1 aromatic carbocycles. The molecule has 0 amide bonds. The lowest BCUT2D eigenvalue weighted by molar-refractivity contribution is 0.491. The molecule has 3 nitrogen and oxygen atoms in total. The Morgan fingerprint density at radius 2 is 1.60 bits per heavy atom. The molecule has 0 spiro atoms. The average Bonchev–Trinajstić information content (AvgIpc) is 2.63. The van der Waals surface area contributed by atoms with Gasteiger partial charge in [-0.15, -0.1) is 0 Å². The van der Waals surface area contributed by atoms with E-state index in [2.05, 4.69) is 69.3 Å². The van der Waals surface area contributed by atoms with Crippen molar-refractivity contribution in [3.8, 4) is 0 Å². The van der Waals surface area contributed by atoms with Gasteiger partial charge in [0.25, 0.3) is 0 Å². The number of hydrogen-bond acceptors (Lipinski definition) is 2. The maximum atomic E-state index is 4.50. The number of nitrogens with one attached hydrogen (secondary N) is 1. The summed E-state index contributed by atoms with van der Waals surface area (Å²) >= 11 is 0. The third-order valence-electron chi connectivity index (χ3n) is 4.08. The highest BCUT2D eigenvalue weighted by atomic mass is 15.3. The number of nitrogens with zero attached hydrogens (tertiary/aromatic N) is 2. The molecular formula is C17H25N3. The van der Waals surface area contributed by atoms with Crippen LogP contribution in [-0.2, 0) is 7.05 Å². The van der Waals surface area contributed by atoms with E-state index in [-0.39, 0.29) is 0 Å². The molecule has 0 saturated carbocycles. The van der Waals surface area contributed by atoms with Crippen molar-refractivity contribution in [3.63, 3.8) is 0 Å². The van der Waals surface area contributed by atoms with E-state index in [9.17, 15) is 0 Å². The molecule has 0 fully saturated rings. The average molecular weight is 271 g/mol. The minimum absolute atomic E-state index is 0.292. The van der Waals surface area contributed by atoms with Crippen molar-refractivity contribution in [2.24, 2.45) is 7.05 Å². The molecule has 1 heterocycles. The molecule has 0 saturated heterocycles. The van der Waals surface area contributed by atoms with Crippen LogP contribution in [0, 0.1) is 20.8 Å². The summed E-state index contributed by atoms with van der Waals surface area (Å²) in [6.45, 7) is 10.7. The lowest BCUT2D eigenvalue weighted by Gasteiger charge is -2.21. The molecule has 0 aliphatic heterocycles. The van der Waals surface area contributed by atoms with Crippen LogP contribution in [0.1, 0.15) is 54.0 Å².